The normalized spacial score (nSPS) is 10.3. The van der Waals surface area contributed by atoms with Crippen molar-refractivity contribution in [1.29, 1.82) is 0 Å². The molecule has 0 fully saturated rings. The van der Waals surface area contributed by atoms with Crippen LogP contribution in [0.2, 0.25) is 0 Å². The average Bonchev–Trinajstić information content (AvgIpc) is 2.60. The van der Waals surface area contributed by atoms with E-state index >= 15 is 0 Å². The van der Waals surface area contributed by atoms with Crippen molar-refractivity contribution in [2.24, 2.45) is 0 Å². The van der Waals surface area contributed by atoms with Crippen LogP contribution in [0.4, 0.5) is 5.69 Å². The molecule has 0 aliphatic carbocycles. The largest absolute Gasteiger partial charge is 0.355 e. The van der Waals surface area contributed by atoms with Gasteiger partial charge < -0.3 is 5.32 Å². The first-order valence-corrected chi connectivity index (χ1v) is 9.41. The van der Waals surface area contributed by atoms with Crippen molar-refractivity contribution in [3.8, 4) is 0 Å². The number of aromatic nitrogens is 1. The van der Waals surface area contributed by atoms with E-state index in [9.17, 15) is 14.9 Å². The van der Waals surface area contributed by atoms with Crippen LogP contribution in [-0.2, 0) is 10.5 Å². The molecule has 1 aromatic heterocycles. The molecule has 2 aromatic rings. The van der Waals surface area contributed by atoms with Crippen molar-refractivity contribution in [3.05, 3.63) is 64.3 Å². The number of thioether (sulfide) groups is 2. The summed E-state index contributed by atoms with van der Waals surface area (Å²) < 4.78 is 0. The van der Waals surface area contributed by atoms with Crippen molar-refractivity contribution in [1.82, 2.24) is 10.3 Å². The number of nitro groups is 1. The first-order chi connectivity index (χ1) is 11.6. The van der Waals surface area contributed by atoms with Crippen molar-refractivity contribution in [2.45, 2.75) is 10.8 Å². The van der Waals surface area contributed by atoms with E-state index in [2.05, 4.69) is 10.3 Å². The number of non-ortho nitro benzene ring substituents is 1. The Bertz CT molecular complexity index is 666. The summed E-state index contributed by atoms with van der Waals surface area (Å²) in [4.78, 5) is 26.1. The van der Waals surface area contributed by atoms with Crippen LogP contribution in [0.25, 0.3) is 0 Å². The first kappa shape index (κ1) is 18.3. The molecule has 6 nitrogen and oxygen atoms in total. The van der Waals surface area contributed by atoms with Crippen molar-refractivity contribution in [3.63, 3.8) is 0 Å². The van der Waals surface area contributed by atoms with E-state index in [1.165, 1.54) is 23.9 Å². The molecule has 0 aliphatic rings. The second kappa shape index (κ2) is 9.94. The summed E-state index contributed by atoms with van der Waals surface area (Å²) in [5.74, 6) is 1.78. The Hall–Kier alpha value is -2.06. The predicted octanol–water partition coefficient (Wildman–Crippen LogP) is 3.13. The number of nitro benzene ring substituents is 1. The second-order valence-corrected chi connectivity index (χ2v) is 6.88. The Labute approximate surface area is 148 Å². The van der Waals surface area contributed by atoms with Gasteiger partial charge in [0, 0.05) is 36.4 Å². The summed E-state index contributed by atoms with van der Waals surface area (Å²) >= 11 is 3.08. The zero-order chi connectivity index (χ0) is 17.2. The second-order valence-electron chi connectivity index (χ2n) is 4.78. The smallest absolute Gasteiger partial charge is 0.269 e. The number of hydrogen-bond donors (Lipinski definition) is 1. The maximum Gasteiger partial charge on any atom is 0.269 e. The molecule has 0 saturated carbocycles. The van der Waals surface area contributed by atoms with Gasteiger partial charge >= 0.3 is 0 Å². The number of benzene rings is 1. The lowest BCUT2D eigenvalue weighted by Crippen LogP contribution is -2.27. The third-order valence-electron chi connectivity index (χ3n) is 2.96. The van der Waals surface area contributed by atoms with Gasteiger partial charge in [-0.3, -0.25) is 14.9 Å². The maximum atomic E-state index is 11.7. The first-order valence-electron chi connectivity index (χ1n) is 7.27. The highest BCUT2D eigenvalue weighted by Crippen LogP contribution is 2.16. The Morgan fingerprint density at radius 2 is 2.00 bits per heavy atom. The fraction of sp³-hybridized carbons (Fsp3) is 0.250. The fourth-order valence-corrected chi connectivity index (χ4v) is 3.35. The zero-order valence-corrected chi connectivity index (χ0v) is 14.5. The molecule has 0 aliphatic heterocycles. The zero-order valence-electron chi connectivity index (χ0n) is 12.9. The summed E-state index contributed by atoms with van der Waals surface area (Å²) in [6.45, 7) is 0.595. The molecule has 0 unspecified atom stereocenters. The van der Waals surface area contributed by atoms with Gasteiger partial charge in [0.05, 0.1) is 15.7 Å². The molecular weight excluding hydrogens is 346 g/mol. The number of pyridine rings is 1. The molecule has 0 saturated heterocycles. The molecular formula is C16H17N3O3S2. The Balaban J connectivity index is 1.58. The van der Waals surface area contributed by atoms with Gasteiger partial charge in [-0.05, 0) is 17.7 Å². The van der Waals surface area contributed by atoms with Crippen LogP contribution in [0.15, 0.2) is 53.7 Å². The number of rotatable bonds is 9. The summed E-state index contributed by atoms with van der Waals surface area (Å²) in [6.07, 6.45) is 1.75. The van der Waals surface area contributed by atoms with Gasteiger partial charge in [0.2, 0.25) is 5.91 Å². The number of carbonyl (C=O) groups is 1. The lowest BCUT2D eigenvalue weighted by molar-refractivity contribution is -0.384. The third kappa shape index (κ3) is 6.59. The Kier molecular flexibility index (Phi) is 7.57. The quantitative estimate of drug-likeness (QED) is 0.319. The molecule has 0 bridgehead atoms. The van der Waals surface area contributed by atoms with Gasteiger partial charge in [-0.1, -0.05) is 18.2 Å². The lowest BCUT2D eigenvalue weighted by Gasteiger charge is -2.05. The number of amides is 1. The number of nitrogens with zero attached hydrogens (tertiary/aromatic N) is 2. The van der Waals surface area contributed by atoms with Crippen LogP contribution in [-0.4, -0.2) is 33.9 Å². The molecule has 0 radical (unpaired) electrons. The molecule has 1 N–H and O–H groups in total. The number of hydrogen-bond acceptors (Lipinski definition) is 6. The summed E-state index contributed by atoms with van der Waals surface area (Å²) in [5.41, 5.74) is 1.04. The molecule has 1 heterocycles. The molecule has 2 rings (SSSR count). The van der Waals surface area contributed by atoms with Crippen LogP contribution < -0.4 is 5.32 Å². The maximum absolute atomic E-state index is 11.7. The van der Waals surface area contributed by atoms with Crippen LogP contribution in [0.1, 0.15) is 5.56 Å². The van der Waals surface area contributed by atoms with Crippen LogP contribution in [0.3, 0.4) is 0 Å². The third-order valence-corrected chi connectivity index (χ3v) is 4.91. The minimum atomic E-state index is -0.423. The number of nitrogens with one attached hydrogen (secondary N) is 1. The molecule has 1 aromatic carbocycles. The minimum absolute atomic E-state index is 0.0106. The Morgan fingerprint density at radius 1 is 1.21 bits per heavy atom. The van der Waals surface area contributed by atoms with Gasteiger partial charge in [0.15, 0.2) is 0 Å². The van der Waals surface area contributed by atoms with E-state index in [1.54, 1.807) is 30.1 Å². The van der Waals surface area contributed by atoms with Crippen molar-refractivity contribution in [2.75, 3.05) is 18.1 Å². The molecule has 126 valence electrons. The van der Waals surface area contributed by atoms with Gasteiger partial charge in [0.1, 0.15) is 0 Å². The fourth-order valence-electron chi connectivity index (χ4n) is 1.81. The summed E-state index contributed by atoms with van der Waals surface area (Å²) in [6, 6.07) is 12.1. The van der Waals surface area contributed by atoms with Crippen LogP contribution in [0.5, 0.6) is 0 Å². The number of carbonyl (C=O) groups excluding carboxylic acids is 1. The molecule has 1 amide bonds. The molecule has 0 atom stereocenters. The van der Waals surface area contributed by atoms with Crippen LogP contribution in [0, 0.1) is 10.1 Å². The Morgan fingerprint density at radius 3 is 2.67 bits per heavy atom. The highest BCUT2D eigenvalue weighted by Gasteiger charge is 2.05. The predicted molar refractivity (Wildman–Crippen MR) is 97.2 cm³/mol. The van der Waals surface area contributed by atoms with Gasteiger partial charge in [-0.15, -0.1) is 23.5 Å². The minimum Gasteiger partial charge on any atom is -0.355 e. The summed E-state index contributed by atoms with van der Waals surface area (Å²) in [7, 11) is 0. The highest BCUT2D eigenvalue weighted by molar-refractivity contribution is 7.99. The van der Waals surface area contributed by atoms with Crippen molar-refractivity contribution >= 4 is 35.1 Å². The van der Waals surface area contributed by atoms with Gasteiger partial charge in [0.25, 0.3) is 5.69 Å². The van der Waals surface area contributed by atoms with Gasteiger partial charge in [-0.2, -0.15) is 0 Å². The topological polar surface area (TPSA) is 85.1 Å². The molecule has 0 spiro atoms. The van der Waals surface area contributed by atoms with E-state index in [0.717, 1.165) is 16.3 Å². The molecule has 24 heavy (non-hydrogen) atoms. The van der Waals surface area contributed by atoms with Crippen molar-refractivity contribution < 1.29 is 9.72 Å². The van der Waals surface area contributed by atoms with E-state index in [0.29, 0.717) is 18.1 Å². The SMILES string of the molecule is O=C(CSCc1ccc([N+](=O)[O-])cc1)NCCSc1ccccn1. The average molecular weight is 363 g/mol. The molecule has 8 heteroatoms. The van der Waals surface area contributed by atoms with E-state index in [4.69, 9.17) is 0 Å². The van der Waals surface area contributed by atoms with E-state index in [-0.39, 0.29) is 11.6 Å². The standard InChI is InChI=1S/C16H17N3O3S2/c20-15(17-9-10-24-16-3-1-2-8-18-16)12-23-11-13-4-6-14(7-5-13)19(21)22/h1-8H,9-12H2,(H,17,20). The van der Waals surface area contributed by atoms with E-state index in [1.807, 2.05) is 18.2 Å². The van der Waals surface area contributed by atoms with Gasteiger partial charge in [-0.25, -0.2) is 4.98 Å². The lowest BCUT2D eigenvalue weighted by atomic mass is 10.2. The van der Waals surface area contributed by atoms with Crippen LogP contribution >= 0.6 is 23.5 Å². The van der Waals surface area contributed by atoms with E-state index < -0.39 is 4.92 Å². The summed E-state index contributed by atoms with van der Waals surface area (Å²) in [5, 5.41) is 14.4. The monoisotopic (exact) mass is 363 g/mol. The highest BCUT2D eigenvalue weighted by atomic mass is 32.2.